The number of hydrogen-bond donors (Lipinski definition) is 3. The average Bonchev–Trinajstić information content (AvgIpc) is 4.03. The molecular formula is C44H52F4N12O5. The van der Waals surface area contributed by atoms with Crippen molar-refractivity contribution >= 4 is 58.3 Å². The van der Waals surface area contributed by atoms with Crippen LogP contribution in [0, 0.1) is 17.6 Å². The summed E-state index contributed by atoms with van der Waals surface area (Å²) < 4.78 is 72.3. The molecule has 1 unspecified atom stereocenters. The van der Waals surface area contributed by atoms with E-state index in [0.717, 1.165) is 75.5 Å². The summed E-state index contributed by atoms with van der Waals surface area (Å²) in [7, 11) is 2.84. The minimum Gasteiger partial charge on any atom is -0.495 e. The molecule has 0 spiro atoms. The fourth-order valence-corrected chi connectivity index (χ4v) is 9.51. The lowest BCUT2D eigenvalue weighted by Gasteiger charge is -2.37. The summed E-state index contributed by atoms with van der Waals surface area (Å²) >= 11 is 0. The second-order valence-corrected chi connectivity index (χ2v) is 17.4. The zero-order valence-electron chi connectivity index (χ0n) is 36.3. The van der Waals surface area contributed by atoms with Crippen molar-refractivity contribution in [3.8, 4) is 17.2 Å². The molecule has 17 nitrogen and oxygen atoms in total. The number of ether oxygens (including phenoxy) is 1. The highest BCUT2D eigenvalue weighted by molar-refractivity contribution is 6.02. The summed E-state index contributed by atoms with van der Waals surface area (Å²) in [5.74, 6) is -5.34. The van der Waals surface area contributed by atoms with Crippen molar-refractivity contribution < 1.29 is 41.1 Å². The van der Waals surface area contributed by atoms with E-state index in [0.29, 0.717) is 61.0 Å². The van der Waals surface area contributed by atoms with Crippen molar-refractivity contribution in [1.29, 1.82) is 0 Å². The van der Waals surface area contributed by atoms with E-state index >= 15 is 17.6 Å². The van der Waals surface area contributed by atoms with Gasteiger partial charge in [-0.25, -0.2) is 13.8 Å². The third kappa shape index (κ3) is 9.32. The normalized spacial score (nSPS) is 21.1. The molecule has 1 aliphatic carbocycles. The molecule has 2 aromatic carbocycles. The van der Waals surface area contributed by atoms with Gasteiger partial charge in [0.15, 0.2) is 5.82 Å². The quantitative estimate of drug-likeness (QED) is 0.119. The maximum Gasteiger partial charge on any atom is 0.342 e. The molecule has 3 saturated heterocycles. The van der Waals surface area contributed by atoms with Crippen LogP contribution in [0.5, 0.6) is 5.75 Å². The number of hydrogen-bond acceptors (Lipinski definition) is 15. The van der Waals surface area contributed by atoms with E-state index in [1.807, 2.05) is 4.90 Å². The van der Waals surface area contributed by atoms with Crippen molar-refractivity contribution in [1.82, 2.24) is 30.4 Å². The standard InChI is InChI=1S/C44H52F4N12O5/c1-56-35-24-49-42(53-38(35)60(28-5-3-4-6-28)25-44(47,48)41(56)63)51-31-8-7-27(21-36(31)64-2)40-54-55-43(65-40)59-15-12-26(13-16-59)11-14-57-17-19-58(20-18-57)34-23-29(45)33(22-30(34)46)50-32-9-10-37(61)52-39(32)62/h7-8,21-24,26,28,32,50H,3-6,9-20,25H2,1-2H3,(H,49,51,53)(H,52,61,62). The molecule has 3 N–H and O–H groups in total. The maximum atomic E-state index is 15.2. The van der Waals surface area contributed by atoms with Gasteiger partial charge in [0.05, 0.1) is 36.9 Å². The molecule has 0 bridgehead atoms. The van der Waals surface area contributed by atoms with Gasteiger partial charge >= 0.3 is 11.9 Å². The molecule has 4 aromatic rings. The van der Waals surface area contributed by atoms with Gasteiger partial charge in [0, 0.05) is 76.5 Å². The Hall–Kier alpha value is -6.25. The third-order valence-electron chi connectivity index (χ3n) is 13.3. The molecular weight excluding hydrogens is 853 g/mol. The second kappa shape index (κ2) is 18.3. The van der Waals surface area contributed by atoms with Gasteiger partial charge in [0.1, 0.15) is 29.1 Å². The number of nitrogens with zero attached hydrogens (tertiary/aromatic N) is 9. The number of piperazine rings is 1. The lowest BCUT2D eigenvalue weighted by Crippen LogP contribution is -2.48. The van der Waals surface area contributed by atoms with Crippen molar-refractivity contribution in [2.45, 2.75) is 75.8 Å². The third-order valence-corrected chi connectivity index (χ3v) is 13.3. The number of carbonyl (C=O) groups excluding carboxylic acids is 3. The smallest absolute Gasteiger partial charge is 0.342 e. The van der Waals surface area contributed by atoms with E-state index in [9.17, 15) is 14.4 Å². The number of aromatic nitrogens is 4. The number of carbonyl (C=O) groups is 3. The van der Waals surface area contributed by atoms with Gasteiger partial charge in [-0.15, -0.1) is 5.10 Å². The molecule has 65 heavy (non-hydrogen) atoms. The van der Waals surface area contributed by atoms with Crippen LogP contribution in [0.3, 0.4) is 0 Å². The van der Waals surface area contributed by atoms with Crippen LogP contribution in [-0.4, -0.2) is 127 Å². The first-order valence-corrected chi connectivity index (χ1v) is 22.2. The molecule has 2 aromatic heterocycles. The molecule has 4 aliphatic heterocycles. The van der Waals surface area contributed by atoms with Crippen molar-refractivity contribution in [3.05, 3.63) is 48.2 Å². The largest absolute Gasteiger partial charge is 0.495 e. The Balaban J connectivity index is 0.760. The van der Waals surface area contributed by atoms with Crippen LogP contribution in [0.2, 0.25) is 0 Å². The first-order chi connectivity index (χ1) is 31.3. The topological polar surface area (TPSA) is 177 Å². The average molecular weight is 905 g/mol. The van der Waals surface area contributed by atoms with Crippen LogP contribution in [0.15, 0.2) is 40.9 Å². The number of halogens is 4. The summed E-state index contributed by atoms with van der Waals surface area (Å²) in [5.41, 5.74) is 1.45. The van der Waals surface area contributed by atoms with Crippen LogP contribution in [0.1, 0.15) is 57.8 Å². The van der Waals surface area contributed by atoms with E-state index < -0.39 is 42.0 Å². The molecule has 21 heteroatoms. The van der Waals surface area contributed by atoms with Crippen LogP contribution in [0.25, 0.3) is 11.5 Å². The first-order valence-electron chi connectivity index (χ1n) is 22.2. The van der Waals surface area contributed by atoms with Gasteiger partial charge in [-0.2, -0.15) is 13.8 Å². The first kappa shape index (κ1) is 44.0. The molecule has 9 rings (SSSR count). The molecule has 346 valence electrons. The highest BCUT2D eigenvalue weighted by Gasteiger charge is 2.49. The monoisotopic (exact) mass is 904 g/mol. The predicted octanol–water partition coefficient (Wildman–Crippen LogP) is 5.56. The highest BCUT2D eigenvalue weighted by Crippen LogP contribution is 2.41. The van der Waals surface area contributed by atoms with Gasteiger partial charge in [-0.05, 0) is 69.2 Å². The lowest BCUT2D eigenvalue weighted by molar-refractivity contribution is -0.140. The van der Waals surface area contributed by atoms with E-state index in [1.165, 1.54) is 26.4 Å². The van der Waals surface area contributed by atoms with Crippen LogP contribution in [0.4, 0.5) is 58.1 Å². The van der Waals surface area contributed by atoms with E-state index in [1.54, 1.807) is 23.1 Å². The van der Waals surface area contributed by atoms with Gasteiger partial charge in [-0.3, -0.25) is 24.6 Å². The van der Waals surface area contributed by atoms with Gasteiger partial charge in [0.2, 0.25) is 23.7 Å². The number of nitrogens with one attached hydrogen (secondary N) is 3. The van der Waals surface area contributed by atoms with Crippen LogP contribution >= 0.6 is 0 Å². The Kier molecular flexibility index (Phi) is 12.4. The molecule has 0 radical (unpaired) electrons. The number of methoxy groups -OCH3 is 1. The molecule has 1 saturated carbocycles. The van der Waals surface area contributed by atoms with E-state index in [-0.39, 0.29) is 53.6 Å². The molecule has 4 fully saturated rings. The van der Waals surface area contributed by atoms with E-state index in [2.05, 4.69) is 45.9 Å². The lowest BCUT2D eigenvalue weighted by atomic mass is 9.93. The fourth-order valence-electron chi connectivity index (χ4n) is 9.51. The minimum atomic E-state index is -3.58. The second-order valence-electron chi connectivity index (χ2n) is 17.4. The van der Waals surface area contributed by atoms with Crippen LogP contribution in [-0.2, 0) is 14.4 Å². The summed E-state index contributed by atoms with van der Waals surface area (Å²) in [6.07, 6.45) is 7.95. The Morgan fingerprint density at radius 1 is 0.892 bits per heavy atom. The zero-order valence-corrected chi connectivity index (χ0v) is 36.3. The number of piperidine rings is 2. The Morgan fingerprint density at radius 3 is 2.40 bits per heavy atom. The summed E-state index contributed by atoms with van der Waals surface area (Å²) in [6.45, 7) is 4.19. The van der Waals surface area contributed by atoms with Crippen molar-refractivity contribution in [3.63, 3.8) is 0 Å². The van der Waals surface area contributed by atoms with Gasteiger partial charge in [-0.1, -0.05) is 17.9 Å². The summed E-state index contributed by atoms with van der Waals surface area (Å²) in [5, 5.41) is 16.8. The summed E-state index contributed by atoms with van der Waals surface area (Å²) in [6, 6.07) is 7.02. The molecule has 6 heterocycles. The van der Waals surface area contributed by atoms with Crippen molar-refractivity contribution in [2.24, 2.45) is 5.92 Å². The van der Waals surface area contributed by atoms with Crippen LogP contribution < -0.4 is 40.3 Å². The number of fused-ring (bicyclic) bond motifs is 1. The molecule has 1 atom stereocenters. The van der Waals surface area contributed by atoms with Gasteiger partial charge in [0.25, 0.3) is 5.91 Å². The van der Waals surface area contributed by atoms with Crippen molar-refractivity contribution in [2.75, 3.05) is 96.7 Å². The predicted molar refractivity (Wildman–Crippen MR) is 234 cm³/mol. The number of amides is 3. The fraction of sp³-hybridized carbons (Fsp3) is 0.523. The molecule has 5 aliphatic rings. The Morgan fingerprint density at radius 2 is 1.66 bits per heavy atom. The number of benzene rings is 2. The Labute approximate surface area is 372 Å². The number of anilines is 7. The number of rotatable bonds is 12. The maximum absolute atomic E-state index is 15.2. The minimum absolute atomic E-state index is 0.109. The highest BCUT2D eigenvalue weighted by atomic mass is 19.3. The van der Waals surface area contributed by atoms with Gasteiger partial charge < -0.3 is 39.4 Å². The molecule has 3 amide bonds. The SMILES string of the molecule is COc1cc(-c2nnc(N3CCC(CCN4CCN(c5cc(F)c(NC6CCC(=O)NC6=O)cc5F)CC4)CC3)o2)ccc1Nc1ncc2c(n1)N(C1CCCC1)CC(F)(F)C(=O)N2C. The van der Waals surface area contributed by atoms with E-state index in [4.69, 9.17) is 9.15 Å². The number of imide groups is 1. The number of alkyl halides is 2. The summed E-state index contributed by atoms with van der Waals surface area (Å²) in [4.78, 5) is 54.1. The zero-order chi connectivity index (χ0) is 45.4. The Bertz CT molecular complexity index is 2420.